The molecule has 0 radical (unpaired) electrons. The summed E-state index contributed by atoms with van der Waals surface area (Å²) in [4.78, 5) is 17.3. The number of hydrogen-bond donors (Lipinski definition) is 0. The van der Waals surface area contributed by atoms with Crippen LogP contribution in [-0.4, -0.2) is 44.1 Å². The number of ether oxygens (including phenoxy) is 2. The van der Waals surface area contributed by atoms with E-state index < -0.39 is 0 Å². The van der Waals surface area contributed by atoms with E-state index in [1.54, 1.807) is 31.4 Å². The van der Waals surface area contributed by atoms with E-state index in [1.807, 2.05) is 35.2 Å². The van der Waals surface area contributed by atoms with Gasteiger partial charge in [0.15, 0.2) is 0 Å². The summed E-state index contributed by atoms with van der Waals surface area (Å²) in [6.45, 7) is 3.02. The van der Waals surface area contributed by atoms with Crippen molar-refractivity contribution in [3.63, 3.8) is 0 Å². The van der Waals surface area contributed by atoms with Crippen LogP contribution in [0.5, 0.6) is 11.5 Å². The number of hydrogen-bond acceptors (Lipinski definition) is 4. The van der Waals surface area contributed by atoms with Gasteiger partial charge in [-0.1, -0.05) is 30.3 Å². The van der Waals surface area contributed by atoms with Crippen molar-refractivity contribution in [2.75, 3.05) is 38.2 Å². The van der Waals surface area contributed by atoms with Gasteiger partial charge in [-0.15, -0.1) is 0 Å². The van der Waals surface area contributed by atoms with Gasteiger partial charge in [0.1, 0.15) is 23.9 Å². The lowest BCUT2D eigenvalue weighted by Crippen LogP contribution is -2.48. The fraction of sp³-hybridized carbons (Fsp3) is 0.240. The van der Waals surface area contributed by atoms with Crippen LogP contribution >= 0.6 is 0 Å². The zero-order valence-corrected chi connectivity index (χ0v) is 17.5. The first-order valence-corrected chi connectivity index (χ1v) is 10.3. The van der Waals surface area contributed by atoms with Gasteiger partial charge in [0.25, 0.3) is 5.91 Å². The highest BCUT2D eigenvalue weighted by atomic mass is 19.1. The van der Waals surface area contributed by atoms with Gasteiger partial charge in [-0.3, -0.25) is 4.79 Å². The van der Waals surface area contributed by atoms with Crippen LogP contribution in [0.3, 0.4) is 0 Å². The molecule has 1 heterocycles. The maximum atomic E-state index is 13.2. The average molecular weight is 420 g/mol. The van der Waals surface area contributed by atoms with Crippen molar-refractivity contribution in [1.82, 2.24) is 4.90 Å². The molecule has 0 N–H and O–H groups in total. The van der Waals surface area contributed by atoms with Gasteiger partial charge in [-0.2, -0.15) is 0 Å². The minimum atomic E-state index is -0.285. The van der Waals surface area contributed by atoms with E-state index in [1.165, 1.54) is 12.1 Å². The van der Waals surface area contributed by atoms with Crippen LogP contribution < -0.4 is 14.4 Å². The number of methoxy groups -OCH3 is 1. The number of amides is 1. The van der Waals surface area contributed by atoms with E-state index in [0.29, 0.717) is 24.4 Å². The number of carbonyl (C=O) groups is 1. The summed E-state index contributed by atoms with van der Waals surface area (Å²) in [5.74, 6) is 1.03. The summed E-state index contributed by atoms with van der Waals surface area (Å²) >= 11 is 0. The number of halogens is 1. The topological polar surface area (TPSA) is 42.0 Å². The third-order valence-electron chi connectivity index (χ3n) is 5.41. The van der Waals surface area contributed by atoms with Crippen LogP contribution in [0.4, 0.5) is 10.1 Å². The molecular formula is C25H25FN2O3. The van der Waals surface area contributed by atoms with Gasteiger partial charge in [-0.25, -0.2) is 4.39 Å². The predicted octanol–water partition coefficient (Wildman–Crippen LogP) is 4.38. The lowest BCUT2D eigenvalue weighted by Gasteiger charge is -2.36. The summed E-state index contributed by atoms with van der Waals surface area (Å²) in [5.41, 5.74) is 2.48. The normalized spacial score (nSPS) is 13.7. The Hall–Kier alpha value is -3.54. The van der Waals surface area contributed by atoms with Crippen LogP contribution in [0.1, 0.15) is 15.9 Å². The number of rotatable bonds is 6. The van der Waals surface area contributed by atoms with Crippen LogP contribution in [0.25, 0.3) is 0 Å². The Balaban J connectivity index is 1.40. The van der Waals surface area contributed by atoms with Crippen molar-refractivity contribution in [3.8, 4) is 11.5 Å². The molecule has 5 nitrogen and oxygen atoms in total. The summed E-state index contributed by atoms with van der Waals surface area (Å²) < 4.78 is 24.3. The molecule has 1 fully saturated rings. The first-order chi connectivity index (χ1) is 15.1. The number of nitrogens with zero attached hydrogens (tertiary/aromatic N) is 2. The molecule has 4 rings (SSSR count). The van der Waals surface area contributed by atoms with Crippen molar-refractivity contribution < 1.29 is 18.7 Å². The highest BCUT2D eigenvalue weighted by molar-refractivity contribution is 5.97. The molecule has 0 bridgehead atoms. The maximum absolute atomic E-state index is 13.2. The molecule has 1 amide bonds. The third kappa shape index (κ3) is 4.97. The molecule has 0 aliphatic carbocycles. The first-order valence-electron chi connectivity index (χ1n) is 10.3. The molecule has 0 saturated carbocycles. The summed E-state index contributed by atoms with van der Waals surface area (Å²) in [6.07, 6.45) is 0. The molecule has 1 aliphatic rings. The van der Waals surface area contributed by atoms with Gasteiger partial charge >= 0.3 is 0 Å². The van der Waals surface area contributed by atoms with E-state index in [9.17, 15) is 9.18 Å². The molecule has 3 aromatic carbocycles. The van der Waals surface area contributed by atoms with Crippen LogP contribution in [-0.2, 0) is 6.61 Å². The molecule has 3 aromatic rings. The molecule has 31 heavy (non-hydrogen) atoms. The lowest BCUT2D eigenvalue weighted by atomic mass is 10.1. The molecule has 1 saturated heterocycles. The highest BCUT2D eigenvalue weighted by Gasteiger charge is 2.24. The number of benzene rings is 3. The number of carbonyl (C=O) groups excluding carboxylic acids is 1. The van der Waals surface area contributed by atoms with E-state index in [2.05, 4.69) is 11.0 Å². The summed E-state index contributed by atoms with van der Waals surface area (Å²) in [5, 5.41) is 0. The molecule has 0 unspecified atom stereocenters. The maximum Gasteiger partial charge on any atom is 0.257 e. The quantitative estimate of drug-likeness (QED) is 0.594. The molecule has 0 atom stereocenters. The van der Waals surface area contributed by atoms with Crippen molar-refractivity contribution in [1.29, 1.82) is 0 Å². The monoisotopic (exact) mass is 420 g/mol. The molecule has 1 aliphatic heterocycles. The fourth-order valence-electron chi connectivity index (χ4n) is 3.66. The van der Waals surface area contributed by atoms with Crippen LogP contribution in [0.15, 0.2) is 72.8 Å². The Morgan fingerprint density at radius 3 is 2.42 bits per heavy atom. The van der Waals surface area contributed by atoms with E-state index >= 15 is 0 Å². The van der Waals surface area contributed by atoms with Crippen molar-refractivity contribution >= 4 is 11.6 Å². The molecule has 6 heteroatoms. The molecule has 160 valence electrons. The standard InChI is InChI=1S/C25H25FN2O3/c1-30-22-6-4-5-21(17-22)27-13-15-28(16-14-27)25(29)23-7-2-3-8-24(23)31-18-19-9-11-20(26)12-10-19/h2-12,17H,13-16,18H2,1H3. The predicted molar refractivity (Wildman–Crippen MR) is 118 cm³/mol. The number of anilines is 1. The van der Waals surface area contributed by atoms with Crippen molar-refractivity contribution in [2.24, 2.45) is 0 Å². The van der Waals surface area contributed by atoms with Crippen molar-refractivity contribution in [3.05, 3.63) is 89.7 Å². The molecule has 0 aromatic heterocycles. The van der Waals surface area contributed by atoms with Gasteiger partial charge in [0.05, 0.1) is 12.7 Å². The van der Waals surface area contributed by atoms with E-state index in [0.717, 1.165) is 30.1 Å². The molecular weight excluding hydrogens is 395 g/mol. The number of para-hydroxylation sites is 1. The largest absolute Gasteiger partial charge is 0.497 e. The van der Waals surface area contributed by atoms with Crippen LogP contribution in [0, 0.1) is 5.82 Å². The first kappa shape index (κ1) is 20.7. The second-order valence-electron chi connectivity index (χ2n) is 7.39. The fourth-order valence-corrected chi connectivity index (χ4v) is 3.66. The third-order valence-corrected chi connectivity index (χ3v) is 5.41. The Kier molecular flexibility index (Phi) is 6.36. The van der Waals surface area contributed by atoms with E-state index in [4.69, 9.17) is 9.47 Å². The Bertz CT molecular complexity index is 1030. The average Bonchev–Trinajstić information content (AvgIpc) is 2.83. The van der Waals surface area contributed by atoms with Crippen molar-refractivity contribution in [2.45, 2.75) is 6.61 Å². The highest BCUT2D eigenvalue weighted by Crippen LogP contribution is 2.25. The SMILES string of the molecule is COc1cccc(N2CCN(C(=O)c3ccccc3OCc3ccc(F)cc3)CC2)c1. The molecule has 0 spiro atoms. The summed E-state index contributed by atoms with van der Waals surface area (Å²) in [7, 11) is 1.66. The minimum Gasteiger partial charge on any atom is -0.497 e. The Labute approximate surface area is 181 Å². The smallest absolute Gasteiger partial charge is 0.257 e. The Morgan fingerprint density at radius 1 is 0.935 bits per heavy atom. The Morgan fingerprint density at radius 2 is 1.68 bits per heavy atom. The number of piperazine rings is 1. The summed E-state index contributed by atoms with van der Waals surface area (Å²) in [6, 6.07) is 21.4. The zero-order valence-electron chi connectivity index (χ0n) is 17.5. The zero-order chi connectivity index (χ0) is 21.6. The lowest BCUT2D eigenvalue weighted by molar-refractivity contribution is 0.0742. The van der Waals surface area contributed by atoms with Gasteiger partial charge in [0.2, 0.25) is 0 Å². The van der Waals surface area contributed by atoms with E-state index in [-0.39, 0.29) is 18.3 Å². The second kappa shape index (κ2) is 9.51. The van der Waals surface area contributed by atoms with Gasteiger partial charge < -0.3 is 19.3 Å². The van der Waals surface area contributed by atoms with Crippen LogP contribution in [0.2, 0.25) is 0 Å². The van der Waals surface area contributed by atoms with Gasteiger partial charge in [-0.05, 0) is 42.0 Å². The second-order valence-corrected chi connectivity index (χ2v) is 7.39. The van der Waals surface area contributed by atoms with Gasteiger partial charge in [0, 0.05) is 37.9 Å². The minimum absolute atomic E-state index is 0.0417.